The number of phenols is 1. The maximum absolute atomic E-state index is 11.4. The van der Waals surface area contributed by atoms with Gasteiger partial charge in [-0.15, -0.1) is 0 Å². The normalized spacial score (nSPS) is 10.9. The molecule has 0 atom stereocenters. The Bertz CT molecular complexity index is 456. The molecule has 0 aliphatic carbocycles. The topological polar surface area (TPSA) is 43.8 Å². The van der Waals surface area contributed by atoms with Crippen molar-refractivity contribution in [3.05, 3.63) is 23.8 Å². The average molecular weight is 292 g/mol. The molecule has 0 aliphatic rings. The zero-order valence-electron chi connectivity index (χ0n) is 13.7. The molecule has 21 heavy (non-hydrogen) atoms. The van der Waals surface area contributed by atoms with Crippen molar-refractivity contribution in [2.45, 2.75) is 34.1 Å². The summed E-state index contributed by atoms with van der Waals surface area (Å²) in [7, 11) is 0. The minimum absolute atomic E-state index is 0.0715. The highest BCUT2D eigenvalue weighted by molar-refractivity contribution is 5.97. The van der Waals surface area contributed by atoms with E-state index in [1.807, 2.05) is 6.07 Å². The number of ketones is 1. The van der Waals surface area contributed by atoms with Crippen molar-refractivity contribution in [3.63, 3.8) is 0 Å². The van der Waals surface area contributed by atoms with Crippen molar-refractivity contribution in [3.8, 4) is 5.75 Å². The van der Waals surface area contributed by atoms with E-state index in [0.717, 1.165) is 44.8 Å². The van der Waals surface area contributed by atoms with Crippen LogP contribution in [0, 0.1) is 0 Å². The Morgan fingerprint density at radius 3 is 2.24 bits per heavy atom. The molecule has 0 radical (unpaired) electrons. The highest BCUT2D eigenvalue weighted by Crippen LogP contribution is 2.25. The standard InChI is InChI=1S/C17H28N2O2/c1-5-18(6-2)11-8-12-19(7-3)15-9-10-16(14(4)20)17(21)13-15/h9-10,13,21H,5-8,11-12H2,1-4H3. The SMILES string of the molecule is CCN(CC)CCCN(CC)c1ccc(C(C)=O)c(O)c1. The Morgan fingerprint density at radius 2 is 1.76 bits per heavy atom. The second-order valence-corrected chi connectivity index (χ2v) is 5.22. The van der Waals surface area contributed by atoms with E-state index in [1.54, 1.807) is 12.1 Å². The minimum atomic E-state index is -0.108. The maximum Gasteiger partial charge on any atom is 0.163 e. The van der Waals surface area contributed by atoms with Gasteiger partial charge in [-0.3, -0.25) is 4.79 Å². The third-order valence-electron chi connectivity index (χ3n) is 3.90. The van der Waals surface area contributed by atoms with Crippen LogP contribution in [0.5, 0.6) is 5.75 Å². The van der Waals surface area contributed by atoms with Gasteiger partial charge in [0.15, 0.2) is 5.78 Å². The van der Waals surface area contributed by atoms with Crippen LogP contribution in [0.25, 0.3) is 0 Å². The molecule has 0 heterocycles. The summed E-state index contributed by atoms with van der Waals surface area (Å²) in [4.78, 5) is 16.0. The first-order valence-corrected chi connectivity index (χ1v) is 7.84. The predicted molar refractivity (Wildman–Crippen MR) is 88.4 cm³/mol. The van der Waals surface area contributed by atoms with Gasteiger partial charge in [0, 0.05) is 24.8 Å². The zero-order chi connectivity index (χ0) is 15.8. The lowest BCUT2D eigenvalue weighted by molar-refractivity contribution is 0.101. The van der Waals surface area contributed by atoms with E-state index in [9.17, 15) is 9.90 Å². The number of hydrogen-bond acceptors (Lipinski definition) is 4. The fraction of sp³-hybridized carbons (Fsp3) is 0.588. The third-order valence-corrected chi connectivity index (χ3v) is 3.90. The number of hydrogen-bond donors (Lipinski definition) is 1. The lowest BCUT2D eigenvalue weighted by Crippen LogP contribution is -2.30. The van der Waals surface area contributed by atoms with E-state index in [1.165, 1.54) is 6.92 Å². The van der Waals surface area contributed by atoms with Crippen molar-refractivity contribution in [2.24, 2.45) is 0 Å². The van der Waals surface area contributed by atoms with Crippen molar-refractivity contribution in [1.29, 1.82) is 0 Å². The Hall–Kier alpha value is -1.55. The molecule has 4 nitrogen and oxygen atoms in total. The van der Waals surface area contributed by atoms with Gasteiger partial charge in [-0.05, 0) is 52.0 Å². The summed E-state index contributed by atoms with van der Waals surface area (Å²) >= 11 is 0. The van der Waals surface area contributed by atoms with Crippen LogP contribution >= 0.6 is 0 Å². The molecule has 0 spiro atoms. The van der Waals surface area contributed by atoms with Gasteiger partial charge in [0.05, 0.1) is 5.56 Å². The largest absolute Gasteiger partial charge is 0.507 e. The van der Waals surface area contributed by atoms with Crippen LogP contribution in [0.3, 0.4) is 0 Å². The van der Waals surface area contributed by atoms with Crippen LogP contribution in [0.15, 0.2) is 18.2 Å². The van der Waals surface area contributed by atoms with Gasteiger partial charge in [-0.2, -0.15) is 0 Å². The highest BCUT2D eigenvalue weighted by atomic mass is 16.3. The first kappa shape index (κ1) is 17.5. The monoisotopic (exact) mass is 292 g/mol. The van der Waals surface area contributed by atoms with E-state index >= 15 is 0 Å². The van der Waals surface area contributed by atoms with Crippen LogP contribution in [0.2, 0.25) is 0 Å². The first-order valence-electron chi connectivity index (χ1n) is 7.84. The minimum Gasteiger partial charge on any atom is -0.507 e. The Morgan fingerprint density at radius 1 is 1.10 bits per heavy atom. The fourth-order valence-electron chi connectivity index (χ4n) is 2.51. The van der Waals surface area contributed by atoms with Gasteiger partial charge in [0.2, 0.25) is 0 Å². The molecule has 0 bridgehead atoms. The number of Topliss-reactive ketones (excluding diaryl/α,β-unsaturated/α-hetero) is 1. The Balaban J connectivity index is 2.68. The Kier molecular flexibility index (Phi) is 7.23. The third kappa shape index (κ3) is 5.05. The molecule has 0 amide bonds. The van der Waals surface area contributed by atoms with E-state index in [4.69, 9.17) is 0 Å². The van der Waals surface area contributed by atoms with Gasteiger partial charge < -0.3 is 14.9 Å². The first-order chi connectivity index (χ1) is 10.0. The lowest BCUT2D eigenvalue weighted by atomic mass is 10.1. The number of nitrogens with zero attached hydrogens (tertiary/aromatic N) is 2. The summed E-state index contributed by atoms with van der Waals surface area (Å²) in [5.41, 5.74) is 1.36. The molecule has 118 valence electrons. The molecule has 1 aromatic carbocycles. The number of anilines is 1. The van der Waals surface area contributed by atoms with Crippen molar-refractivity contribution in [1.82, 2.24) is 4.90 Å². The second kappa shape index (κ2) is 8.67. The molecule has 0 aliphatic heterocycles. The molecule has 1 aromatic rings. The molecule has 0 saturated carbocycles. The molecule has 0 unspecified atom stereocenters. The van der Waals surface area contributed by atoms with Crippen LogP contribution < -0.4 is 4.90 Å². The van der Waals surface area contributed by atoms with Crippen LogP contribution in [0.1, 0.15) is 44.5 Å². The molecule has 1 N–H and O–H groups in total. The Labute approximate surface area is 128 Å². The van der Waals surface area contributed by atoms with E-state index in [0.29, 0.717) is 5.56 Å². The summed E-state index contributed by atoms with van der Waals surface area (Å²) in [6.07, 6.45) is 1.09. The van der Waals surface area contributed by atoms with Gasteiger partial charge in [-0.1, -0.05) is 13.8 Å². The smallest absolute Gasteiger partial charge is 0.163 e. The number of rotatable bonds is 9. The molecule has 1 rings (SSSR count). The quantitative estimate of drug-likeness (QED) is 0.710. The summed E-state index contributed by atoms with van der Waals surface area (Å²) in [5, 5.41) is 9.94. The molecular formula is C17H28N2O2. The molecule has 4 heteroatoms. The maximum atomic E-state index is 11.4. The van der Waals surface area contributed by atoms with Crippen LogP contribution in [-0.2, 0) is 0 Å². The zero-order valence-corrected chi connectivity index (χ0v) is 13.7. The molecule has 0 fully saturated rings. The van der Waals surface area contributed by atoms with Gasteiger partial charge >= 0.3 is 0 Å². The fourth-order valence-corrected chi connectivity index (χ4v) is 2.51. The molecular weight excluding hydrogens is 264 g/mol. The van der Waals surface area contributed by atoms with Gasteiger partial charge in [0.25, 0.3) is 0 Å². The van der Waals surface area contributed by atoms with Crippen molar-refractivity contribution in [2.75, 3.05) is 37.6 Å². The second-order valence-electron chi connectivity index (χ2n) is 5.22. The van der Waals surface area contributed by atoms with E-state index in [-0.39, 0.29) is 11.5 Å². The lowest BCUT2D eigenvalue weighted by Gasteiger charge is -2.25. The van der Waals surface area contributed by atoms with Crippen LogP contribution in [-0.4, -0.2) is 48.5 Å². The number of benzene rings is 1. The number of carbonyl (C=O) groups is 1. The summed E-state index contributed by atoms with van der Waals surface area (Å²) in [6, 6.07) is 5.31. The number of aromatic hydroxyl groups is 1. The van der Waals surface area contributed by atoms with E-state index < -0.39 is 0 Å². The summed E-state index contributed by atoms with van der Waals surface area (Å²) < 4.78 is 0. The average Bonchev–Trinajstić information content (AvgIpc) is 2.47. The summed E-state index contributed by atoms with van der Waals surface area (Å²) in [5.74, 6) is -0.0363. The highest BCUT2D eigenvalue weighted by Gasteiger charge is 2.11. The number of carbonyl (C=O) groups excluding carboxylic acids is 1. The van der Waals surface area contributed by atoms with Gasteiger partial charge in [-0.25, -0.2) is 0 Å². The molecule has 0 saturated heterocycles. The van der Waals surface area contributed by atoms with Gasteiger partial charge in [0.1, 0.15) is 5.75 Å². The number of phenolic OH excluding ortho intramolecular Hbond substituents is 1. The predicted octanol–water partition coefficient (Wildman–Crippen LogP) is 3.15. The van der Waals surface area contributed by atoms with E-state index in [2.05, 4.69) is 30.6 Å². The molecule has 0 aromatic heterocycles. The van der Waals surface area contributed by atoms with Crippen molar-refractivity contribution < 1.29 is 9.90 Å². The van der Waals surface area contributed by atoms with Crippen LogP contribution in [0.4, 0.5) is 5.69 Å². The summed E-state index contributed by atoms with van der Waals surface area (Å²) in [6.45, 7) is 13.0. The van der Waals surface area contributed by atoms with Crippen molar-refractivity contribution >= 4 is 11.5 Å².